The van der Waals surface area contributed by atoms with Crippen LogP contribution in [-0.4, -0.2) is 10.2 Å². The summed E-state index contributed by atoms with van der Waals surface area (Å²) in [7, 11) is 0. The van der Waals surface area contributed by atoms with E-state index in [9.17, 15) is 0 Å². The largest absolute Gasteiger partial charge is 0.324 e. The number of nitrogens with two attached hydrogens (primary N) is 1. The molecule has 0 aliphatic heterocycles. The van der Waals surface area contributed by atoms with Crippen molar-refractivity contribution in [2.24, 2.45) is 5.73 Å². The number of nitrogens with zero attached hydrogens (tertiary/aromatic N) is 2. The Morgan fingerprint density at radius 3 is 2.86 bits per heavy atom. The smallest absolute Gasteiger partial charge is 0.0648 e. The predicted octanol–water partition coefficient (Wildman–Crippen LogP) is 1.51. The maximum atomic E-state index is 5.99. The summed E-state index contributed by atoms with van der Waals surface area (Å²) in [5.74, 6) is 2.59. The molecule has 3 heteroatoms. The van der Waals surface area contributed by atoms with E-state index in [0.29, 0.717) is 6.42 Å². The summed E-state index contributed by atoms with van der Waals surface area (Å²) >= 11 is 0. The fourth-order valence-electron chi connectivity index (χ4n) is 1.34. The zero-order valence-electron chi connectivity index (χ0n) is 8.62. The molecule has 1 aromatic rings. The molecule has 0 fully saturated rings. The summed E-state index contributed by atoms with van der Waals surface area (Å²) < 4.78 is 0. The molecule has 1 unspecified atom stereocenters. The molecule has 0 amide bonds. The van der Waals surface area contributed by atoms with E-state index >= 15 is 0 Å². The third kappa shape index (κ3) is 2.54. The molecular weight excluding hydrogens is 174 g/mol. The molecule has 0 saturated carbocycles. The van der Waals surface area contributed by atoms with Crippen LogP contribution >= 0.6 is 0 Å². The monoisotopic (exact) mass is 189 g/mol. The topological polar surface area (TPSA) is 51.8 Å². The van der Waals surface area contributed by atoms with E-state index in [1.165, 1.54) is 0 Å². The average Bonchev–Trinajstić information content (AvgIpc) is 2.18. The van der Waals surface area contributed by atoms with Gasteiger partial charge in [0.1, 0.15) is 0 Å². The van der Waals surface area contributed by atoms with E-state index in [1.807, 2.05) is 19.9 Å². The summed E-state index contributed by atoms with van der Waals surface area (Å²) in [6.07, 6.45) is 6.68. The van der Waals surface area contributed by atoms with Gasteiger partial charge in [-0.05, 0) is 31.9 Å². The molecule has 0 aliphatic rings. The van der Waals surface area contributed by atoms with Crippen LogP contribution in [0.15, 0.2) is 6.07 Å². The van der Waals surface area contributed by atoms with Gasteiger partial charge in [-0.1, -0.05) is 0 Å². The van der Waals surface area contributed by atoms with E-state index in [1.54, 1.807) is 0 Å². The van der Waals surface area contributed by atoms with E-state index in [0.717, 1.165) is 23.4 Å². The molecule has 0 spiro atoms. The first-order valence-electron chi connectivity index (χ1n) is 4.65. The van der Waals surface area contributed by atoms with Crippen molar-refractivity contribution in [1.82, 2.24) is 10.2 Å². The molecule has 0 radical (unpaired) electrons. The molecule has 0 bridgehead atoms. The van der Waals surface area contributed by atoms with Crippen molar-refractivity contribution >= 4 is 0 Å². The van der Waals surface area contributed by atoms with Crippen molar-refractivity contribution in [3.8, 4) is 12.3 Å². The Labute approximate surface area is 84.7 Å². The SMILES string of the molecule is C#CCCC(N)c1cc(C)nnc1C. The minimum Gasteiger partial charge on any atom is -0.324 e. The predicted molar refractivity (Wildman–Crippen MR) is 56.5 cm³/mol. The summed E-state index contributed by atoms with van der Waals surface area (Å²) in [5, 5.41) is 7.98. The number of hydrogen-bond acceptors (Lipinski definition) is 3. The molecule has 1 rings (SSSR count). The van der Waals surface area contributed by atoms with Gasteiger partial charge in [-0.15, -0.1) is 12.3 Å². The van der Waals surface area contributed by atoms with Crippen molar-refractivity contribution in [2.45, 2.75) is 32.7 Å². The van der Waals surface area contributed by atoms with Gasteiger partial charge >= 0.3 is 0 Å². The van der Waals surface area contributed by atoms with Gasteiger partial charge in [0.05, 0.1) is 11.4 Å². The molecule has 2 N–H and O–H groups in total. The standard InChI is InChI=1S/C11H15N3/c1-4-5-6-11(12)10-7-8(2)13-14-9(10)3/h1,7,11H,5-6,12H2,2-3H3. The van der Waals surface area contributed by atoms with E-state index in [-0.39, 0.29) is 6.04 Å². The Kier molecular flexibility index (Phi) is 3.61. The average molecular weight is 189 g/mol. The molecule has 0 saturated heterocycles. The summed E-state index contributed by atoms with van der Waals surface area (Å²) in [6.45, 7) is 3.82. The molecular formula is C11H15N3. The second kappa shape index (κ2) is 4.73. The van der Waals surface area contributed by atoms with Crippen molar-refractivity contribution < 1.29 is 0 Å². The first-order chi connectivity index (χ1) is 6.65. The number of rotatable bonds is 3. The maximum Gasteiger partial charge on any atom is 0.0648 e. The van der Waals surface area contributed by atoms with Gasteiger partial charge in [-0.3, -0.25) is 0 Å². The van der Waals surface area contributed by atoms with Crippen LogP contribution < -0.4 is 5.73 Å². The van der Waals surface area contributed by atoms with Crippen molar-refractivity contribution in [1.29, 1.82) is 0 Å². The van der Waals surface area contributed by atoms with Crippen molar-refractivity contribution in [3.63, 3.8) is 0 Å². The van der Waals surface area contributed by atoms with E-state index < -0.39 is 0 Å². The van der Waals surface area contributed by atoms with Crippen LogP contribution in [0.2, 0.25) is 0 Å². The molecule has 0 aliphatic carbocycles. The Hall–Kier alpha value is -1.40. The van der Waals surface area contributed by atoms with Gasteiger partial charge in [0.15, 0.2) is 0 Å². The van der Waals surface area contributed by atoms with Crippen LogP contribution in [0.3, 0.4) is 0 Å². The first-order valence-corrected chi connectivity index (χ1v) is 4.65. The fraction of sp³-hybridized carbons (Fsp3) is 0.455. The van der Waals surface area contributed by atoms with Crippen LogP contribution in [-0.2, 0) is 0 Å². The van der Waals surface area contributed by atoms with Crippen molar-refractivity contribution in [2.75, 3.05) is 0 Å². The lowest BCUT2D eigenvalue weighted by molar-refractivity contribution is 0.653. The highest BCUT2D eigenvalue weighted by Gasteiger charge is 2.09. The van der Waals surface area contributed by atoms with Gasteiger partial charge in [-0.25, -0.2) is 0 Å². The second-order valence-electron chi connectivity index (χ2n) is 3.38. The molecule has 3 nitrogen and oxygen atoms in total. The lowest BCUT2D eigenvalue weighted by Crippen LogP contribution is -2.13. The lowest BCUT2D eigenvalue weighted by Gasteiger charge is -2.12. The Balaban J connectivity index is 2.83. The van der Waals surface area contributed by atoms with Gasteiger partial charge in [-0.2, -0.15) is 10.2 Å². The van der Waals surface area contributed by atoms with Crippen LogP contribution in [0, 0.1) is 26.2 Å². The number of terminal acetylenes is 1. The molecule has 1 heterocycles. The lowest BCUT2D eigenvalue weighted by atomic mass is 10.0. The zero-order chi connectivity index (χ0) is 10.6. The van der Waals surface area contributed by atoms with Gasteiger partial charge < -0.3 is 5.73 Å². The Morgan fingerprint density at radius 2 is 2.21 bits per heavy atom. The highest BCUT2D eigenvalue weighted by molar-refractivity contribution is 5.23. The quantitative estimate of drug-likeness (QED) is 0.733. The van der Waals surface area contributed by atoms with Gasteiger partial charge in [0.2, 0.25) is 0 Å². The second-order valence-corrected chi connectivity index (χ2v) is 3.38. The van der Waals surface area contributed by atoms with Crippen LogP contribution in [0.1, 0.15) is 35.8 Å². The van der Waals surface area contributed by atoms with Gasteiger partial charge in [0.25, 0.3) is 0 Å². The third-order valence-electron chi connectivity index (χ3n) is 2.14. The molecule has 14 heavy (non-hydrogen) atoms. The number of aromatic nitrogens is 2. The molecule has 0 aromatic carbocycles. The van der Waals surface area contributed by atoms with Crippen LogP contribution in [0.25, 0.3) is 0 Å². The zero-order valence-corrected chi connectivity index (χ0v) is 8.62. The highest BCUT2D eigenvalue weighted by atomic mass is 15.1. The maximum absolute atomic E-state index is 5.99. The van der Waals surface area contributed by atoms with E-state index in [4.69, 9.17) is 12.2 Å². The number of hydrogen-bond donors (Lipinski definition) is 1. The Morgan fingerprint density at radius 1 is 1.50 bits per heavy atom. The third-order valence-corrected chi connectivity index (χ3v) is 2.14. The van der Waals surface area contributed by atoms with Crippen LogP contribution in [0.5, 0.6) is 0 Å². The molecule has 74 valence electrons. The van der Waals surface area contributed by atoms with Gasteiger partial charge in [0, 0.05) is 12.5 Å². The Bertz CT molecular complexity index is 352. The van der Waals surface area contributed by atoms with E-state index in [2.05, 4.69) is 16.1 Å². The normalized spacial score (nSPS) is 12.1. The van der Waals surface area contributed by atoms with Crippen molar-refractivity contribution in [3.05, 3.63) is 23.0 Å². The molecule has 1 aromatic heterocycles. The van der Waals surface area contributed by atoms with Crippen LogP contribution in [0.4, 0.5) is 0 Å². The molecule has 1 atom stereocenters. The fourth-order valence-corrected chi connectivity index (χ4v) is 1.34. The summed E-state index contributed by atoms with van der Waals surface area (Å²) in [6, 6.07) is 1.95. The highest BCUT2D eigenvalue weighted by Crippen LogP contribution is 2.17. The minimum absolute atomic E-state index is 0.0275. The number of aryl methyl sites for hydroxylation is 2. The minimum atomic E-state index is -0.0275. The summed E-state index contributed by atoms with van der Waals surface area (Å²) in [5.41, 5.74) is 8.82. The summed E-state index contributed by atoms with van der Waals surface area (Å²) in [4.78, 5) is 0. The first kappa shape index (κ1) is 10.7.